The molecule has 3 N–H and O–H groups in total. The molecule has 1 aromatic rings. The number of nitrogens with zero attached hydrogens (tertiary/aromatic N) is 1. The van der Waals surface area contributed by atoms with E-state index in [1.807, 2.05) is 0 Å². The maximum Gasteiger partial charge on any atom is 0.252 e. The summed E-state index contributed by atoms with van der Waals surface area (Å²) in [4.78, 5) is 15.8. The van der Waals surface area contributed by atoms with Crippen LogP contribution in [0.4, 0.5) is 5.82 Å². The summed E-state index contributed by atoms with van der Waals surface area (Å²) in [7, 11) is 1.70. The molecular weight excluding hydrogens is 230 g/mol. The average Bonchev–Trinajstić information content (AvgIpc) is 3.15. The third kappa shape index (κ3) is 3.20. The second-order valence-electron chi connectivity index (χ2n) is 4.90. The topological polar surface area (TPSA) is 77.2 Å². The van der Waals surface area contributed by atoms with Gasteiger partial charge in [-0.25, -0.2) is 4.98 Å². The van der Waals surface area contributed by atoms with Crippen molar-refractivity contribution in [3.63, 3.8) is 0 Å². The van der Waals surface area contributed by atoms with E-state index < -0.39 is 0 Å². The molecule has 1 aliphatic rings. The molecule has 0 unspecified atom stereocenters. The normalized spacial score (nSPS) is 16.3. The van der Waals surface area contributed by atoms with Crippen molar-refractivity contribution in [1.82, 2.24) is 10.3 Å². The number of pyridine rings is 1. The lowest BCUT2D eigenvalue weighted by atomic mass is 10.0. The molecule has 5 heteroatoms. The molecule has 1 aliphatic carbocycles. The van der Waals surface area contributed by atoms with Gasteiger partial charge in [0.1, 0.15) is 5.82 Å². The zero-order valence-corrected chi connectivity index (χ0v) is 10.6. The first-order valence-electron chi connectivity index (χ1n) is 6.14. The molecule has 0 aromatic carbocycles. The van der Waals surface area contributed by atoms with Crippen LogP contribution < -0.4 is 11.1 Å². The molecule has 5 nitrogen and oxygen atoms in total. The van der Waals surface area contributed by atoms with Gasteiger partial charge in [-0.2, -0.15) is 0 Å². The number of anilines is 1. The van der Waals surface area contributed by atoms with Crippen LogP contribution in [0, 0.1) is 5.41 Å². The molecule has 0 aliphatic heterocycles. The Morgan fingerprint density at radius 3 is 2.89 bits per heavy atom. The molecule has 1 saturated carbocycles. The number of aromatic nitrogens is 1. The highest BCUT2D eigenvalue weighted by Gasteiger charge is 2.42. The molecule has 18 heavy (non-hydrogen) atoms. The van der Waals surface area contributed by atoms with E-state index in [0.717, 1.165) is 25.9 Å². The second-order valence-corrected chi connectivity index (χ2v) is 4.90. The lowest BCUT2D eigenvalue weighted by molar-refractivity contribution is 0.0937. The quantitative estimate of drug-likeness (QED) is 0.794. The van der Waals surface area contributed by atoms with Crippen LogP contribution in [0.3, 0.4) is 0 Å². The van der Waals surface area contributed by atoms with E-state index in [9.17, 15) is 4.79 Å². The highest BCUT2D eigenvalue weighted by atomic mass is 16.5. The van der Waals surface area contributed by atoms with Gasteiger partial charge in [0.25, 0.3) is 5.91 Å². The smallest absolute Gasteiger partial charge is 0.252 e. The van der Waals surface area contributed by atoms with Gasteiger partial charge in [0.2, 0.25) is 0 Å². The average molecular weight is 249 g/mol. The van der Waals surface area contributed by atoms with Crippen LogP contribution in [0.2, 0.25) is 0 Å². The number of hydrogen-bond acceptors (Lipinski definition) is 4. The number of rotatable bonds is 6. The molecule has 2 rings (SSSR count). The second kappa shape index (κ2) is 5.35. The number of hydrogen-bond donors (Lipinski definition) is 2. The molecule has 0 spiro atoms. The van der Waals surface area contributed by atoms with Crippen LogP contribution in [0.25, 0.3) is 0 Å². The largest absolute Gasteiger partial charge is 0.385 e. The van der Waals surface area contributed by atoms with Gasteiger partial charge in [0.15, 0.2) is 0 Å². The van der Waals surface area contributed by atoms with Crippen molar-refractivity contribution in [2.45, 2.75) is 19.3 Å². The molecule has 98 valence electrons. The Balaban J connectivity index is 1.83. The summed E-state index contributed by atoms with van der Waals surface area (Å²) >= 11 is 0. The van der Waals surface area contributed by atoms with Crippen molar-refractivity contribution in [1.29, 1.82) is 0 Å². The Bertz CT molecular complexity index is 413. The SMILES string of the molecule is COCCC1(CNC(=O)c2ccc(N)nc2)CC1. The summed E-state index contributed by atoms with van der Waals surface area (Å²) < 4.78 is 5.09. The predicted molar refractivity (Wildman–Crippen MR) is 69.1 cm³/mol. The zero-order chi connectivity index (χ0) is 13.0. The fourth-order valence-electron chi connectivity index (χ4n) is 1.92. The van der Waals surface area contributed by atoms with Crippen molar-refractivity contribution in [3.8, 4) is 0 Å². The summed E-state index contributed by atoms with van der Waals surface area (Å²) in [5, 5.41) is 2.95. The molecule has 1 fully saturated rings. The number of carbonyl (C=O) groups is 1. The number of nitrogens with two attached hydrogens (primary N) is 1. The molecule has 0 atom stereocenters. The number of methoxy groups -OCH3 is 1. The van der Waals surface area contributed by atoms with Crippen LogP contribution in [0.1, 0.15) is 29.6 Å². The summed E-state index contributed by atoms with van der Waals surface area (Å²) in [5.74, 6) is 0.330. The number of nitrogens with one attached hydrogen (secondary N) is 1. The van der Waals surface area contributed by atoms with E-state index in [-0.39, 0.29) is 11.3 Å². The van der Waals surface area contributed by atoms with Gasteiger partial charge in [-0.3, -0.25) is 4.79 Å². The molecule has 0 saturated heterocycles. The highest BCUT2D eigenvalue weighted by Crippen LogP contribution is 2.48. The fourth-order valence-corrected chi connectivity index (χ4v) is 1.92. The lowest BCUT2D eigenvalue weighted by Gasteiger charge is -2.15. The Morgan fingerprint density at radius 1 is 1.56 bits per heavy atom. The van der Waals surface area contributed by atoms with E-state index in [0.29, 0.717) is 17.9 Å². The zero-order valence-electron chi connectivity index (χ0n) is 10.6. The molecule has 1 aromatic heterocycles. The fraction of sp³-hybridized carbons (Fsp3) is 0.538. The van der Waals surface area contributed by atoms with Gasteiger partial charge < -0.3 is 15.8 Å². The van der Waals surface area contributed by atoms with E-state index in [1.165, 1.54) is 6.20 Å². The first-order valence-corrected chi connectivity index (χ1v) is 6.14. The van der Waals surface area contributed by atoms with Crippen LogP contribution in [-0.2, 0) is 4.74 Å². The monoisotopic (exact) mass is 249 g/mol. The number of carbonyl (C=O) groups excluding carboxylic acids is 1. The van der Waals surface area contributed by atoms with Crippen LogP contribution in [-0.4, -0.2) is 31.2 Å². The van der Waals surface area contributed by atoms with Gasteiger partial charge in [-0.05, 0) is 36.8 Å². The van der Waals surface area contributed by atoms with Crippen LogP contribution >= 0.6 is 0 Å². The third-order valence-electron chi connectivity index (χ3n) is 3.47. The van der Waals surface area contributed by atoms with E-state index in [2.05, 4.69) is 10.3 Å². The molecule has 1 heterocycles. The summed E-state index contributed by atoms with van der Waals surface area (Å²) in [5.41, 5.74) is 6.28. The van der Waals surface area contributed by atoms with Gasteiger partial charge >= 0.3 is 0 Å². The van der Waals surface area contributed by atoms with Crippen LogP contribution in [0.5, 0.6) is 0 Å². The maximum absolute atomic E-state index is 11.9. The van der Waals surface area contributed by atoms with Gasteiger partial charge in [0.05, 0.1) is 5.56 Å². The van der Waals surface area contributed by atoms with Gasteiger partial charge in [-0.1, -0.05) is 0 Å². The molecule has 0 radical (unpaired) electrons. The summed E-state index contributed by atoms with van der Waals surface area (Å²) in [6.07, 6.45) is 4.83. The van der Waals surface area contributed by atoms with E-state index >= 15 is 0 Å². The Labute approximate surface area is 107 Å². The van der Waals surface area contributed by atoms with Crippen molar-refractivity contribution in [2.75, 3.05) is 26.0 Å². The lowest BCUT2D eigenvalue weighted by Crippen LogP contribution is -2.30. The summed E-state index contributed by atoms with van der Waals surface area (Å²) in [6.45, 7) is 1.46. The first-order chi connectivity index (χ1) is 8.65. The van der Waals surface area contributed by atoms with Gasteiger partial charge in [-0.15, -0.1) is 0 Å². The van der Waals surface area contributed by atoms with Crippen molar-refractivity contribution in [3.05, 3.63) is 23.9 Å². The number of nitrogen functional groups attached to an aromatic ring is 1. The Morgan fingerprint density at radius 2 is 2.33 bits per heavy atom. The maximum atomic E-state index is 11.9. The molecular formula is C13H19N3O2. The van der Waals surface area contributed by atoms with E-state index in [4.69, 9.17) is 10.5 Å². The Kier molecular flexibility index (Phi) is 3.81. The van der Waals surface area contributed by atoms with Gasteiger partial charge in [0, 0.05) is 26.5 Å². The molecule has 0 bridgehead atoms. The number of amides is 1. The van der Waals surface area contributed by atoms with E-state index in [1.54, 1.807) is 19.2 Å². The minimum atomic E-state index is -0.0915. The number of ether oxygens (including phenoxy) is 1. The Hall–Kier alpha value is -1.62. The van der Waals surface area contributed by atoms with Crippen molar-refractivity contribution >= 4 is 11.7 Å². The van der Waals surface area contributed by atoms with Crippen molar-refractivity contribution < 1.29 is 9.53 Å². The third-order valence-corrected chi connectivity index (χ3v) is 3.47. The van der Waals surface area contributed by atoms with Crippen molar-refractivity contribution in [2.24, 2.45) is 5.41 Å². The minimum absolute atomic E-state index is 0.0915. The standard InChI is InChI=1S/C13H19N3O2/c1-18-7-6-13(4-5-13)9-16-12(17)10-2-3-11(14)15-8-10/h2-3,8H,4-7,9H2,1H3,(H2,14,15)(H,16,17). The first kappa shape index (κ1) is 12.8. The van der Waals surface area contributed by atoms with Crippen LogP contribution in [0.15, 0.2) is 18.3 Å². The summed E-state index contributed by atoms with van der Waals surface area (Å²) in [6, 6.07) is 3.32. The highest BCUT2D eigenvalue weighted by molar-refractivity contribution is 5.94. The predicted octanol–water partition coefficient (Wildman–Crippen LogP) is 1.21. The molecule has 1 amide bonds. The minimum Gasteiger partial charge on any atom is -0.385 e.